The van der Waals surface area contributed by atoms with Crippen LogP contribution in [0.5, 0.6) is 5.75 Å². The molecule has 1 unspecified atom stereocenters. The van der Waals surface area contributed by atoms with E-state index in [1.807, 2.05) is 30.0 Å². The molecular formula is C15H19NO4. The van der Waals surface area contributed by atoms with Gasteiger partial charge in [-0.25, -0.2) is 0 Å². The first-order valence-electron chi connectivity index (χ1n) is 6.57. The number of anilines is 1. The number of ether oxygens (including phenoxy) is 2. The van der Waals surface area contributed by atoms with E-state index in [1.54, 1.807) is 7.11 Å². The van der Waals surface area contributed by atoms with E-state index in [0.717, 1.165) is 17.0 Å². The maximum Gasteiger partial charge on any atom is 0.318 e. The number of methoxy groups -OCH3 is 2. The SMILES string of the molecule is COC(=O)C1CN(c2cc(C)ccc2OC)CCC1=O. The molecule has 1 aromatic carbocycles. The first kappa shape index (κ1) is 14.4. The average Bonchev–Trinajstić information content (AvgIpc) is 2.47. The summed E-state index contributed by atoms with van der Waals surface area (Å²) in [4.78, 5) is 25.5. The van der Waals surface area contributed by atoms with Crippen LogP contribution >= 0.6 is 0 Å². The molecule has 1 aromatic rings. The molecule has 0 spiro atoms. The summed E-state index contributed by atoms with van der Waals surface area (Å²) in [7, 11) is 2.92. The van der Waals surface area contributed by atoms with Crippen molar-refractivity contribution in [2.24, 2.45) is 5.92 Å². The fourth-order valence-electron chi connectivity index (χ4n) is 2.45. The van der Waals surface area contributed by atoms with Crippen molar-refractivity contribution >= 4 is 17.4 Å². The van der Waals surface area contributed by atoms with Crippen molar-refractivity contribution in [2.75, 3.05) is 32.2 Å². The van der Waals surface area contributed by atoms with Crippen LogP contribution in [0.1, 0.15) is 12.0 Å². The number of hydrogen-bond donors (Lipinski definition) is 0. The molecule has 1 atom stereocenters. The molecule has 0 bridgehead atoms. The summed E-state index contributed by atoms with van der Waals surface area (Å²) in [6, 6.07) is 5.87. The Kier molecular flexibility index (Phi) is 4.27. The van der Waals surface area contributed by atoms with Crippen molar-refractivity contribution in [3.05, 3.63) is 23.8 Å². The molecule has 1 aliphatic heterocycles. The van der Waals surface area contributed by atoms with Gasteiger partial charge in [-0.3, -0.25) is 9.59 Å². The van der Waals surface area contributed by atoms with Crippen molar-refractivity contribution in [2.45, 2.75) is 13.3 Å². The quantitative estimate of drug-likeness (QED) is 0.620. The number of esters is 1. The molecule has 1 heterocycles. The summed E-state index contributed by atoms with van der Waals surface area (Å²) in [6.07, 6.45) is 0.344. The Morgan fingerprint density at radius 2 is 2.10 bits per heavy atom. The van der Waals surface area contributed by atoms with Gasteiger partial charge in [0.2, 0.25) is 0 Å². The Hall–Kier alpha value is -2.04. The first-order valence-corrected chi connectivity index (χ1v) is 6.57. The molecule has 2 rings (SSSR count). The van der Waals surface area contributed by atoms with Crippen LogP contribution in [0.25, 0.3) is 0 Å². The number of benzene rings is 1. The van der Waals surface area contributed by atoms with Gasteiger partial charge in [-0.2, -0.15) is 0 Å². The number of nitrogens with zero attached hydrogens (tertiary/aromatic N) is 1. The highest BCUT2D eigenvalue weighted by Gasteiger charge is 2.34. The lowest BCUT2D eigenvalue weighted by molar-refractivity contribution is -0.149. The van der Waals surface area contributed by atoms with Crippen LogP contribution < -0.4 is 9.64 Å². The minimum atomic E-state index is -0.709. The molecular weight excluding hydrogens is 258 g/mol. The Morgan fingerprint density at radius 3 is 2.75 bits per heavy atom. The fourth-order valence-corrected chi connectivity index (χ4v) is 2.45. The summed E-state index contributed by atoms with van der Waals surface area (Å²) in [5.41, 5.74) is 2.02. The maximum absolute atomic E-state index is 11.8. The van der Waals surface area contributed by atoms with Gasteiger partial charge >= 0.3 is 5.97 Å². The molecule has 5 nitrogen and oxygen atoms in total. The Balaban J connectivity index is 2.27. The molecule has 0 N–H and O–H groups in total. The van der Waals surface area contributed by atoms with Crippen LogP contribution in [0.3, 0.4) is 0 Å². The van der Waals surface area contributed by atoms with E-state index in [4.69, 9.17) is 9.47 Å². The Labute approximate surface area is 118 Å². The van der Waals surface area contributed by atoms with Gasteiger partial charge in [0, 0.05) is 19.5 Å². The second kappa shape index (κ2) is 5.94. The molecule has 0 radical (unpaired) electrons. The molecule has 108 valence electrons. The van der Waals surface area contributed by atoms with Crippen LogP contribution in [0.2, 0.25) is 0 Å². The second-order valence-electron chi connectivity index (χ2n) is 4.91. The Bertz CT molecular complexity index is 519. The van der Waals surface area contributed by atoms with Gasteiger partial charge in [0.15, 0.2) is 5.78 Å². The van der Waals surface area contributed by atoms with Crippen LogP contribution in [0.15, 0.2) is 18.2 Å². The number of piperidine rings is 1. The highest BCUT2D eigenvalue weighted by Crippen LogP contribution is 2.32. The van der Waals surface area contributed by atoms with Gasteiger partial charge in [0.05, 0.1) is 19.9 Å². The van der Waals surface area contributed by atoms with E-state index in [9.17, 15) is 9.59 Å². The summed E-state index contributed by atoms with van der Waals surface area (Å²) >= 11 is 0. The number of ketones is 1. The van der Waals surface area contributed by atoms with Gasteiger partial charge in [-0.05, 0) is 24.6 Å². The lowest BCUT2D eigenvalue weighted by atomic mass is 9.96. The van der Waals surface area contributed by atoms with Crippen molar-refractivity contribution in [3.8, 4) is 5.75 Å². The van der Waals surface area contributed by atoms with Crippen LogP contribution in [-0.2, 0) is 14.3 Å². The number of hydrogen-bond acceptors (Lipinski definition) is 5. The highest BCUT2D eigenvalue weighted by atomic mass is 16.5. The third kappa shape index (κ3) is 2.76. The van der Waals surface area contributed by atoms with Gasteiger partial charge in [-0.1, -0.05) is 6.07 Å². The molecule has 0 saturated carbocycles. The molecule has 0 amide bonds. The van der Waals surface area contributed by atoms with E-state index in [2.05, 4.69) is 0 Å². The number of carbonyl (C=O) groups is 2. The van der Waals surface area contributed by atoms with E-state index in [0.29, 0.717) is 19.5 Å². The van der Waals surface area contributed by atoms with Crippen molar-refractivity contribution in [3.63, 3.8) is 0 Å². The molecule has 0 aromatic heterocycles. The number of Topliss-reactive ketones (excluding diaryl/α,β-unsaturated/α-hetero) is 1. The lowest BCUT2D eigenvalue weighted by Gasteiger charge is -2.33. The predicted octanol–water partition coefficient (Wildman–Crippen LogP) is 1.57. The third-order valence-corrected chi connectivity index (χ3v) is 3.58. The lowest BCUT2D eigenvalue weighted by Crippen LogP contribution is -2.44. The number of aryl methyl sites for hydroxylation is 1. The van der Waals surface area contributed by atoms with E-state index in [1.165, 1.54) is 7.11 Å². The number of rotatable bonds is 3. The summed E-state index contributed by atoms with van der Waals surface area (Å²) in [5, 5.41) is 0. The van der Waals surface area contributed by atoms with Crippen LogP contribution in [0.4, 0.5) is 5.69 Å². The number of carbonyl (C=O) groups excluding carboxylic acids is 2. The molecule has 1 saturated heterocycles. The minimum Gasteiger partial charge on any atom is -0.495 e. The molecule has 1 aliphatic rings. The Morgan fingerprint density at radius 1 is 1.35 bits per heavy atom. The topological polar surface area (TPSA) is 55.8 Å². The first-order chi connectivity index (χ1) is 9.56. The van der Waals surface area contributed by atoms with E-state index < -0.39 is 11.9 Å². The molecule has 20 heavy (non-hydrogen) atoms. The summed E-state index contributed by atoms with van der Waals surface area (Å²) in [6.45, 7) is 2.92. The molecule has 5 heteroatoms. The summed E-state index contributed by atoms with van der Waals surface area (Å²) in [5.74, 6) is -0.487. The summed E-state index contributed by atoms with van der Waals surface area (Å²) < 4.78 is 10.1. The minimum absolute atomic E-state index is 0.0558. The zero-order valence-electron chi connectivity index (χ0n) is 12.0. The van der Waals surface area contributed by atoms with Crippen molar-refractivity contribution in [1.82, 2.24) is 0 Å². The monoisotopic (exact) mass is 277 g/mol. The third-order valence-electron chi connectivity index (χ3n) is 3.58. The van der Waals surface area contributed by atoms with E-state index in [-0.39, 0.29) is 5.78 Å². The largest absolute Gasteiger partial charge is 0.495 e. The van der Waals surface area contributed by atoms with Crippen molar-refractivity contribution < 1.29 is 19.1 Å². The molecule has 1 fully saturated rings. The van der Waals surface area contributed by atoms with E-state index >= 15 is 0 Å². The molecule has 0 aliphatic carbocycles. The normalized spacial score (nSPS) is 18.9. The van der Waals surface area contributed by atoms with Gasteiger partial charge in [0.1, 0.15) is 11.7 Å². The van der Waals surface area contributed by atoms with Gasteiger partial charge in [0.25, 0.3) is 0 Å². The second-order valence-corrected chi connectivity index (χ2v) is 4.91. The average molecular weight is 277 g/mol. The zero-order valence-corrected chi connectivity index (χ0v) is 12.0. The predicted molar refractivity (Wildman–Crippen MR) is 75.1 cm³/mol. The van der Waals surface area contributed by atoms with Gasteiger partial charge < -0.3 is 14.4 Å². The van der Waals surface area contributed by atoms with Crippen molar-refractivity contribution in [1.29, 1.82) is 0 Å². The highest BCUT2D eigenvalue weighted by molar-refractivity contribution is 6.00. The standard InChI is InChI=1S/C15H19NO4/c1-10-4-5-14(19-2)12(8-10)16-7-6-13(17)11(9-16)15(18)20-3/h4-5,8,11H,6-7,9H2,1-3H3. The smallest absolute Gasteiger partial charge is 0.318 e. The van der Waals surface area contributed by atoms with Crippen LogP contribution in [0, 0.1) is 12.8 Å². The van der Waals surface area contributed by atoms with Crippen LogP contribution in [-0.4, -0.2) is 39.1 Å². The fraction of sp³-hybridized carbons (Fsp3) is 0.467. The van der Waals surface area contributed by atoms with Gasteiger partial charge in [-0.15, -0.1) is 0 Å². The zero-order chi connectivity index (χ0) is 14.7. The maximum atomic E-state index is 11.8.